The van der Waals surface area contributed by atoms with Crippen LogP contribution in [0.25, 0.3) is 0 Å². The Hall–Kier alpha value is -2.12. The van der Waals surface area contributed by atoms with Crippen LogP contribution < -0.4 is 4.90 Å². The Balaban J connectivity index is 1.88. The predicted octanol–water partition coefficient (Wildman–Crippen LogP) is 2.02. The fourth-order valence-corrected chi connectivity index (χ4v) is 2.26. The van der Waals surface area contributed by atoms with Crippen molar-refractivity contribution in [3.05, 3.63) is 35.5 Å². The summed E-state index contributed by atoms with van der Waals surface area (Å²) in [5, 5.41) is 6.90. The van der Waals surface area contributed by atoms with Crippen molar-refractivity contribution in [3.63, 3.8) is 0 Å². The van der Waals surface area contributed by atoms with E-state index in [1.165, 1.54) is 0 Å². The van der Waals surface area contributed by atoms with Gasteiger partial charge < -0.3 is 9.47 Å². The van der Waals surface area contributed by atoms with Gasteiger partial charge in [0.2, 0.25) is 5.82 Å². The molecule has 8 heteroatoms. The monoisotopic (exact) mass is 283 g/mol. The molecule has 20 heavy (non-hydrogen) atoms. The van der Waals surface area contributed by atoms with Gasteiger partial charge in [-0.2, -0.15) is 13.2 Å². The fraction of sp³-hybridized carbons (Fsp3) is 0.417. The Morgan fingerprint density at radius 3 is 2.70 bits per heavy atom. The topological polar surface area (TPSA) is 46.8 Å². The Bertz CT molecular complexity index is 634. The number of fused-ring (bicyclic) bond motifs is 1. The highest BCUT2D eigenvalue weighted by Gasteiger charge is 2.39. The third kappa shape index (κ3) is 2.21. The van der Waals surface area contributed by atoms with Gasteiger partial charge in [0, 0.05) is 19.3 Å². The number of hydrogen-bond acceptors (Lipinski definition) is 4. The molecule has 0 unspecified atom stereocenters. The van der Waals surface area contributed by atoms with Gasteiger partial charge >= 0.3 is 6.18 Å². The maximum atomic E-state index is 12.7. The minimum Gasteiger partial charge on any atom is -0.347 e. The molecule has 0 fully saturated rings. The molecule has 0 saturated carbocycles. The van der Waals surface area contributed by atoms with E-state index < -0.39 is 12.0 Å². The van der Waals surface area contributed by atoms with Crippen LogP contribution in [0.1, 0.15) is 17.2 Å². The van der Waals surface area contributed by atoms with Gasteiger partial charge in [-0.1, -0.05) is 0 Å². The third-order valence-electron chi connectivity index (χ3n) is 3.23. The summed E-state index contributed by atoms with van der Waals surface area (Å²) in [7, 11) is 0. The smallest absolute Gasteiger partial charge is 0.347 e. The van der Waals surface area contributed by atoms with Crippen molar-refractivity contribution in [2.24, 2.45) is 0 Å². The van der Waals surface area contributed by atoms with Gasteiger partial charge in [-0.05, 0) is 24.6 Å². The molecule has 1 aliphatic rings. The van der Waals surface area contributed by atoms with E-state index in [0.717, 1.165) is 15.9 Å². The average molecular weight is 283 g/mol. The molecule has 0 atom stereocenters. The zero-order valence-electron chi connectivity index (χ0n) is 10.7. The van der Waals surface area contributed by atoms with Crippen LogP contribution in [0.2, 0.25) is 0 Å². The lowest BCUT2D eigenvalue weighted by molar-refractivity contribution is -0.147. The molecule has 0 bridgehead atoms. The molecule has 3 heterocycles. The van der Waals surface area contributed by atoms with Crippen molar-refractivity contribution in [2.75, 3.05) is 11.4 Å². The first-order chi connectivity index (χ1) is 9.45. The van der Waals surface area contributed by atoms with Crippen molar-refractivity contribution in [1.82, 2.24) is 19.7 Å². The number of hydrogen-bond donors (Lipinski definition) is 0. The fourth-order valence-electron chi connectivity index (χ4n) is 2.26. The van der Waals surface area contributed by atoms with Crippen molar-refractivity contribution in [2.45, 2.75) is 26.2 Å². The molecule has 0 N–H and O–H groups in total. The summed E-state index contributed by atoms with van der Waals surface area (Å²) in [5.41, 5.74) is 1.05. The van der Waals surface area contributed by atoms with Gasteiger partial charge in [0.1, 0.15) is 5.82 Å². The number of aromatic nitrogens is 4. The van der Waals surface area contributed by atoms with Gasteiger partial charge in [-0.3, -0.25) is 0 Å². The Labute approximate surface area is 113 Å². The molecule has 2 aromatic rings. The lowest BCUT2D eigenvalue weighted by Gasteiger charge is -2.29. The SMILES string of the molecule is Cc1ccnc(N2CCn3c(nnc3C(F)(F)F)C2)c1. The summed E-state index contributed by atoms with van der Waals surface area (Å²) >= 11 is 0. The first kappa shape index (κ1) is 12.9. The molecule has 0 amide bonds. The van der Waals surface area contributed by atoms with Gasteiger partial charge in [0.05, 0.1) is 6.54 Å². The van der Waals surface area contributed by atoms with E-state index in [9.17, 15) is 13.2 Å². The van der Waals surface area contributed by atoms with Crippen LogP contribution in [0.5, 0.6) is 0 Å². The maximum absolute atomic E-state index is 12.7. The number of aryl methyl sites for hydroxylation is 1. The van der Waals surface area contributed by atoms with Crippen LogP contribution in [-0.4, -0.2) is 26.3 Å². The molecule has 0 radical (unpaired) electrons. The van der Waals surface area contributed by atoms with E-state index >= 15 is 0 Å². The Morgan fingerprint density at radius 1 is 1.20 bits per heavy atom. The summed E-state index contributed by atoms with van der Waals surface area (Å²) in [5.74, 6) is 0.129. The summed E-state index contributed by atoms with van der Waals surface area (Å²) in [6, 6.07) is 3.77. The van der Waals surface area contributed by atoms with Gasteiger partial charge in [0.15, 0.2) is 5.82 Å². The van der Waals surface area contributed by atoms with Crippen molar-refractivity contribution < 1.29 is 13.2 Å². The number of rotatable bonds is 1. The molecular formula is C12H12F3N5. The van der Waals surface area contributed by atoms with E-state index in [4.69, 9.17) is 0 Å². The molecule has 106 valence electrons. The zero-order valence-corrected chi connectivity index (χ0v) is 10.7. The van der Waals surface area contributed by atoms with Crippen molar-refractivity contribution in [3.8, 4) is 0 Å². The number of pyridine rings is 1. The lowest BCUT2D eigenvalue weighted by atomic mass is 10.2. The molecule has 1 aliphatic heterocycles. The van der Waals surface area contributed by atoms with Crippen LogP contribution in [0, 0.1) is 6.92 Å². The normalized spacial score (nSPS) is 15.3. The summed E-state index contributed by atoms with van der Waals surface area (Å²) in [6.07, 6.45) is -2.78. The van der Waals surface area contributed by atoms with Crippen LogP contribution in [-0.2, 0) is 19.3 Å². The molecule has 5 nitrogen and oxygen atoms in total. The van der Waals surface area contributed by atoms with Gasteiger partial charge in [-0.15, -0.1) is 10.2 Å². The van der Waals surface area contributed by atoms with E-state index in [1.54, 1.807) is 6.20 Å². The Morgan fingerprint density at radius 2 is 2.00 bits per heavy atom. The van der Waals surface area contributed by atoms with Gasteiger partial charge in [-0.25, -0.2) is 4.98 Å². The molecular weight excluding hydrogens is 271 g/mol. The van der Waals surface area contributed by atoms with E-state index in [0.29, 0.717) is 12.4 Å². The predicted molar refractivity (Wildman–Crippen MR) is 65.0 cm³/mol. The van der Waals surface area contributed by atoms with Crippen LogP contribution in [0.15, 0.2) is 18.3 Å². The molecule has 2 aromatic heterocycles. The number of anilines is 1. The third-order valence-corrected chi connectivity index (χ3v) is 3.23. The quantitative estimate of drug-likeness (QED) is 0.803. The standard InChI is InChI=1S/C12H12F3N5/c1-8-2-3-16-9(6-8)19-4-5-20-10(7-19)17-18-11(20)12(13,14)15/h2-3,6H,4-5,7H2,1H3. The summed E-state index contributed by atoms with van der Waals surface area (Å²) < 4.78 is 39.3. The van der Waals surface area contributed by atoms with E-state index in [2.05, 4.69) is 15.2 Å². The number of halogens is 3. The molecule has 0 spiro atoms. The largest absolute Gasteiger partial charge is 0.451 e. The molecule has 0 saturated heterocycles. The minimum atomic E-state index is -4.46. The van der Waals surface area contributed by atoms with Crippen LogP contribution in [0.4, 0.5) is 19.0 Å². The van der Waals surface area contributed by atoms with Crippen LogP contribution in [0.3, 0.4) is 0 Å². The minimum absolute atomic E-state index is 0.201. The summed E-state index contributed by atoms with van der Waals surface area (Å²) in [6.45, 7) is 2.87. The van der Waals surface area contributed by atoms with Gasteiger partial charge in [0.25, 0.3) is 0 Å². The maximum Gasteiger partial charge on any atom is 0.451 e. The van der Waals surface area contributed by atoms with E-state index in [-0.39, 0.29) is 13.1 Å². The highest BCUT2D eigenvalue weighted by Crippen LogP contribution is 2.30. The lowest BCUT2D eigenvalue weighted by Crippen LogP contribution is -2.35. The second-order valence-corrected chi connectivity index (χ2v) is 4.70. The van der Waals surface area contributed by atoms with Crippen molar-refractivity contribution in [1.29, 1.82) is 0 Å². The van der Waals surface area contributed by atoms with Crippen LogP contribution >= 0.6 is 0 Å². The number of alkyl halides is 3. The molecule has 0 aliphatic carbocycles. The molecule has 3 rings (SSSR count). The van der Waals surface area contributed by atoms with E-state index in [1.807, 2.05) is 24.0 Å². The molecule has 0 aromatic carbocycles. The first-order valence-electron chi connectivity index (χ1n) is 6.12. The first-order valence-corrected chi connectivity index (χ1v) is 6.12. The number of nitrogens with zero attached hydrogens (tertiary/aromatic N) is 5. The second kappa shape index (κ2) is 4.46. The average Bonchev–Trinajstić information content (AvgIpc) is 2.81. The van der Waals surface area contributed by atoms with Crippen molar-refractivity contribution >= 4 is 5.82 Å². The highest BCUT2D eigenvalue weighted by molar-refractivity contribution is 5.41. The second-order valence-electron chi connectivity index (χ2n) is 4.70. The summed E-state index contributed by atoms with van der Waals surface area (Å²) in [4.78, 5) is 6.14. The Kier molecular flexibility index (Phi) is 2.88. The zero-order chi connectivity index (χ0) is 14.3. The highest BCUT2D eigenvalue weighted by atomic mass is 19.4.